The first-order valence-electron chi connectivity index (χ1n) is 2.75. The Labute approximate surface area is 63.9 Å². The van der Waals surface area contributed by atoms with Gasteiger partial charge in [-0.2, -0.15) is 0 Å². The summed E-state index contributed by atoms with van der Waals surface area (Å²) in [6, 6.07) is 0. The van der Waals surface area contributed by atoms with Crippen LogP contribution in [0.5, 0.6) is 0 Å². The fourth-order valence-corrected chi connectivity index (χ4v) is 0.916. The molecular formula is C7H5O2S. The summed E-state index contributed by atoms with van der Waals surface area (Å²) in [6.45, 7) is 0. The van der Waals surface area contributed by atoms with Gasteiger partial charge in [-0.15, -0.1) is 0 Å². The minimum Gasteiger partial charge on any atom is -0.481 e. The molecule has 1 aliphatic rings. The van der Waals surface area contributed by atoms with Crippen LogP contribution in [0.3, 0.4) is 0 Å². The summed E-state index contributed by atoms with van der Waals surface area (Å²) in [7, 11) is 0. The molecule has 0 spiro atoms. The van der Waals surface area contributed by atoms with Crippen LogP contribution in [-0.4, -0.2) is 15.9 Å². The van der Waals surface area contributed by atoms with E-state index >= 15 is 0 Å². The molecule has 1 aliphatic carbocycles. The van der Waals surface area contributed by atoms with Crippen LogP contribution in [0.25, 0.3) is 0 Å². The van der Waals surface area contributed by atoms with E-state index in [1.807, 2.05) is 0 Å². The zero-order valence-electron chi connectivity index (χ0n) is 5.07. The van der Waals surface area contributed by atoms with Crippen molar-refractivity contribution in [1.29, 1.82) is 0 Å². The van der Waals surface area contributed by atoms with Gasteiger partial charge >= 0.3 is 5.97 Å². The Balaban J connectivity index is 2.80. The topological polar surface area (TPSA) is 37.3 Å². The molecule has 0 amide bonds. The Hall–Kier alpha value is -0.960. The number of rotatable bonds is 1. The zero-order chi connectivity index (χ0) is 7.56. The number of allylic oxidation sites excluding steroid dienone is 3. The summed E-state index contributed by atoms with van der Waals surface area (Å²) >= 11 is 4.73. The van der Waals surface area contributed by atoms with Crippen molar-refractivity contribution in [3.05, 3.63) is 24.3 Å². The number of carboxylic acid groups (broad SMARTS) is 1. The van der Waals surface area contributed by atoms with E-state index in [4.69, 9.17) is 17.3 Å². The zero-order valence-corrected chi connectivity index (χ0v) is 5.89. The van der Waals surface area contributed by atoms with Crippen molar-refractivity contribution in [2.75, 3.05) is 0 Å². The van der Waals surface area contributed by atoms with E-state index in [9.17, 15) is 4.79 Å². The molecule has 1 unspecified atom stereocenters. The molecule has 51 valence electrons. The van der Waals surface area contributed by atoms with Crippen molar-refractivity contribution in [2.24, 2.45) is 5.92 Å². The molecule has 0 aromatic heterocycles. The second kappa shape index (κ2) is 2.75. The van der Waals surface area contributed by atoms with Gasteiger partial charge < -0.3 is 5.11 Å². The van der Waals surface area contributed by atoms with E-state index in [1.54, 1.807) is 18.2 Å². The van der Waals surface area contributed by atoms with E-state index in [-0.39, 0.29) is 0 Å². The largest absolute Gasteiger partial charge is 0.481 e. The van der Waals surface area contributed by atoms with Crippen molar-refractivity contribution < 1.29 is 9.90 Å². The highest BCUT2D eigenvalue weighted by atomic mass is 32.1. The third-order valence-corrected chi connectivity index (χ3v) is 1.55. The molecule has 1 N–H and O–H groups in total. The molecule has 0 saturated carbocycles. The second-order valence-electron chi connectivity index (χ2n) is 1.88. The van der Waals surface area contributed by atoms with Gasteiger partial charge in [-0.3, -0.25) is 4.79 Å². The molecule has 1 radical (unpaired) electrons. The molecule has 0 aliphatic heterocycles. The van der Waals surface area contributed by atoms with E-state index in [0.717, 1.165) is 0 Å². The average molecular weight is 153 g/mol. The first kappa shape index (κ1) is 7.15. The number of thiocarbonyl (C=S) groups is 1. The fraction of sp³-hybridized carbons (Fsp3) is 0.143. The second-order valence-corrected chi connectivity index (χ2v) is 2.32. The Morgan fingerprint density at radius 3 is 2.90 bits per heavy atom. The molecule has 0 heterocycles. The normalized spacial score (nSPS) is 23.2. The maximum atomic E-state index is 10.4. The number of carbonyl (C=O) groups is 1. The predicted octanol–water partition coefficient (Wildman–Crippen LogP) is 0.986. The maximum absolute atomic E-state index is 10.4. The Morgan fingerprint density at radius 2 is 2.50 bits per heavy atom. The van der Waals surface area contributed by atoms with Crippen molar-refractivity contribution in [2.45, 2.75) is 0 Å². The highest BCUT2D eigenvalue weighted by Crippen LogP contribution is 2.08. The Morgan fingerprint density at radius 1 is 1.80 bits per heavy atom. The lowest BCUT2D eigenvalue weighted by molar-refractivity contribution is -0.137. The van der Waals surface area contributed by atoms with E-state index in [0.29, 0.717) is 4.86 Å². The highest BCUT2D eigenvalue weighted by molar-refractivity contribution is 7.80. The maximum Gasteiger partial charge on any atom is 0.315 e. The average Bonchev–Trinajstić information content (AvgIpc) is 1.88. The van der Waals surface area contributed by atoms with Crippen LogP contribution in [0.4, 0.5) is 0 Å². The molecule has 0 fully saturated rings. The molecule has 1 rings (SSSR count). The monoisotopic (exact) mass is 153 g/mol. The van der Waals surface area contributed by atoms with E-state index < -0.39 is 11.9 Å². The van der Waals surface area contributed by atoms with Crippen molar-refractivity contribution in [3.63, 3.8) is 0 Å². The van der Waals surface area contributed by atoms with Gasteiger partial charge in [-0.05, 0) is 6.08 Å². The molecule has 10 heavy (non-hydrogen) atoms. The van der Waals surface area contributed by atoms with Crippen LogP contribution < -0.4 is 0 Å². The van der Waals surface area contributed by atoms with Crippen LogP contribution in [-0.2, 0) is 4.79 Å². The van der Waals surface area contributed by atoms with Crippen LogP contribution in [0.1, 0.15) is 0 Å². The number of hydrogen-bond donors (Lipinski definition) is 1. The molecule has 3 heteroatoms. The first-order chi connectivity index (χ1) is 4.72. The summed E-state index contributed by atoms with van der Waals surface area (Å²) in [5, 5.41) is 8.52. The summed E-state index contributed by atoms with van der Waals surface area (Å²) < 4.78 is 0. The van der Waals surface area contributed by atoms with Gasteiger partial charge in [0.05, 0.1) is 0 Å². The van der Waals surface area contributed by atoms with Crippen LogP contribution in [0.15, 0.2) is 18.2 Å². The fourth-order valence-electron chi connectivity index (χ4n) is 0.669. The SMILES string of the molecule is O=C(O)C1C=CC=[C]C1=S. The summed E-state index contributed by atoms with van der Waals surface area (Å²) in [6.07, 6.45) is 7.44. The third-order valence-electron chi connectivity index (χ3n) is 1.17. The summed E-state index contributed by atoms with van der Waals surface area (Å²) in [4.78, 5) is 10.7. The molecule has 0 aromatic carbocycles. The summed E-state index contributed by atoms with van der Waals surface area (Å²) in [5.41, 5.74) is 0. The number of carboxylic acids is 1. The van der Waals surface area contributed by atoms with Gasteiger partial charge in [-0.1, -0.05) is 30.4 Å². The molecule has 2 nitrogen and oxygen atoms in total. The van der Waals surface area contributed by atoms with Gasteiger partial charge in [0, 0.05) is 4.86 Å². The lowest BCUT2D eigenvalue weighted by Gasteiger charge is -2.06. The molecule has 0 saturated heterocycles. The molecule has 1 atom stereocenters. The Kier molecular flexibility index (Phi) is 1.97. The highest BCUT2D eigenvalue weighted by Gasteiger charge is 2.18. The van der Waals surface area contributed by atoms with Gasteiger partial charge in [-0.25, -0.2) is 0 Å². The van der Waals surface area contributed by atoms with Crippen molar-refractivity contribution in [3.8, 4) is 0 Å². The quantitative estimate of drug-likeness (QED) is 0.571. The minimum atomic E-state index is -0.915. The lowest BCUT2D eigenvalue weighted by atomic mass is 10.0. The smallest absolute Gasteiger partial charge is 0.315 e. The van der Waals surface area contributed by atoms with Crippen LogP contribution >= 0.6 is 12.2 Å². The molecule has 0 bridgehead atoms. The molecule has 0 aromatic rings. The number of hydrogen-bond acceptors (Lipinski definition) is 2. The van der Waals surface area contributed by atoms with Gasteiger partial charge in [0.1, 0.15) is 5.92 Å². The van der Waals surface area contributed by atoms with Gasteiger partial charge in [0.25, 0.3) is 0 Å². The van der Waals surface area contributed by atoms with Gasteiger partial charge in [0.2, 0.25) is 0 Å². The summed E-state index contributed by atoms with van der Waals surface area (Å²) in [5.74, 6) is -1.57. The number of aliphatic carboxylic acids is 1. The minimum absolute atomic E-state index is 0.343. The lowest BCUT2D eigenvalue weighted by Crippen LogP contribution is -2.19. The van der Waals surface area contributed by atoms with Gasteiger partial charge in [0.15, 0.2) is 0 Å². The Bertz CT molecular complexity index is 228. The third kappa shape index (κ3) is 1.30. The van der Waals surface area contributed by atoms with Crippen LogP contribution in [0.2, 0.25) is 0 Å². The standard InChI is InChI=1S/C7H5O2S/c8-7(9)5-3-1-2-4-6(5)10/h1-3,5H,(H,8,9). The molecular weight excluding hydrogens is 148 g/mol. The van der Waals surface area contributed by atoms with E-state index in [1.165, 1.54) is 0 Å². The predicted molar refractivity (Wildman–Crippen MR) is 40.7 cm³/mol. The van der Waals surface area contributed by atoms with E-state index in [2.05, 4.69) is 6.08 Å². The van der Waals surface area contributed by atoms with Crippen molar-refractivity contribution >= 4 is 23.1 Å². The first-order valence-corrected chi connectivity index (χ1v) is 3.16. The van der Waals surface area contributed by atoms with Crippen molar-refractivity contribution in [1.82, 2.24) is 0 Å². The van der Waals surface area contributed by atoms with Crippen LogP contribution in [0, 0.1) is 12.0 Å².